The number of benzene rings is 1. The summed E-state index contributed by atoms with van der Waals surface area (Å²) < 4.78 is 0. The molecule has 2 atom stereocenters. The standard InChI is InChI=1S/C14H22N2/c1-11(2)16-10-14(15-9-12(16)3)13-7-5-4-6-8-13/h4-8,11-12,14-15H,9-10H2,1-3H3. The van der Waals surface area contributed by atoms with Gasteiger partial charge < -0.3 is 5.32 Å². The highest BCUT2D eigenvalue weighted by molar-refractivity contribution is 5.20. The Morgan fingerprint density at radius 3 is 2.56 bits per heavy atom. The molecule has 2 heteroatoms. The summed E-state index contributed by atoms with van der Waals surface area (Å²) in [6.45, 7) is 9.06. The summed E-state index contributed by atoms with van der Waals surface area (Å²) in [5, 5.41) is 3.63. The summed E-state index contributed by atoms with van der Waals surface area (Å²) in [6, 6.07) is 12.5. The number of nitrogens with zero attached hydrogens (tertiary/aromatic N) is 1. The second-order valence-electron chi connectivity index (χ2n) is 5.01. The third-order valence-corrected chi connectivity index (χ3v) is 3.48. The fraction of sp³-hybridized carbons (Fsp3) is 0.571. The predicted molar refractivity (Wildman–Crippen MR) is 68.5 cm³/mol. The topological polar surface area (TPSA) is 15.3 Å². The molecule has 2 rings (SSSR count). The molecule has 1 aromatic carbocycles. The normalized spacial score (nSPS) is 27.2. The van der Waals surface area contributed by atoms with Crippen LogP contribution in [-0.4, -0.2) is 30.1 Å². The van der Waals surface area contributed by atoms with Crippen molar-refractivity contribution in [3.05, 3.63) is 35.9 Å². The predicted octanol–water partition coefficient (Wildman–Crippen LogP) is 2.43. The Bertz CT molecular complexity index is 321. The van der Waals surface area contributed by atoms with Crippen LogP contribution in [0.2, 0.25) is 0 Å². The Balaban J connectivity index is 2.09. The van der Waals surface area contributed by atoms with Crippen LogP contribution >= 0.6 is 0 Å². The highest BCUT2D eigenvalue weighted by Gasteiger charge is 2.27. The fourth-order valence-electron chi connectivity index (χ4n) is 2.51. The molecule has 0 spiro atoms. The van der Waals surface area contributed by atoms with E-state index in [0.717, 1.165) is 13.1 Å². The summed E-state index contributed by atoms with van der Waals surface area (Å²) in [4.78, 5) is 2.58. The largest absolute Gasteiger partial charge is 0.307 e. The van der Waals surface area contributed by atoms with Crippen molar-refractivity contribution < 1.29 is 0 Å². The average Bonchev–Trinajstić information content (AvgIpc) is 2.30. The van der Waals surface area contributed by atoms with Gasteiger partial charge in [0.1, 0.15) is 0 Å². The number of hydrogen-bond acceptors (Lipinski definition) is 2. The van der Waals surface area contributed by atoms with Gasteiger partial charge in [-0.25, -0.2) is 0 Å². The van der Waals surface area contributed by atoms with Crippen LogP contribution in [0.15, 0.2) is 30.3 Å². The Kier molecular flexibility index (Phi) is 3.62. The van der Waals surface area contributed by atoms with Crippen molar-refractivity contribution in [2.24, 2.45) is 0 Å². The van der Waals surface area contributed by atoms with Gasteiger partial charge in [0, 0.05) is 31.2 Å². The molecule has 1 heterocycles. The van der Waals surface area contributed by atoms with E-state index >= 15 is 0 Å². The van der Waals surface area contributed by atoms with Gasteiger partial charge in [-0.2, -0.15) is 0 Å². The molecule has 2 nitrogen and oxygen atoms in total. The van der Waals surface area contributed by atoms with Crippen LogP contribution in [0.1, 0.15) is 32.4 Å². The summed E-state index contributed by atoms with van der Waals surface area (Å²) in [5.74, 6) is 0. The molecule has 1 saturated heterocycles. The van der Waals surface area contributed by atoms with Crippen LogP contribution in [0.3, 0.4) is 0 Å². The van der Waals surface area contributed by atoms with E-state index in [2.05, 4.69) is 61.3 Å². The summed E-state index contributed by atoms with van der Waals surface area (Å²) >= 11 is 0. The van der Waals surface area contributed by atoms with Crippen LogP contribution in [0, 0.1) is 0 Å². The van der Waals surface area contributed by atoms with Crippen molar-refractivity contribution in [2.45, 2.75) is 38.9 Å². The first kappa shape index (κ1) is 11.6. The monoisotopic (exact) mass is 218 g/mol. The van der Waals surface area contributed by atoms with Crippen molar-refractivity contribution in [2.75, 3.05) is 13.1 Å². The molecule has 2 unspecified atom stereocenters. The second-order valence-corrected chi connectivity index (χ2v) is 5.01. The maximum Gasteiger partial charge on any atom is 0.0450 e. The van der Waals surface area contributed by atoms with Gasteiger partial charge in [-0.1, -0.05) is 30.3 Å². The lowest BCUT2D eigenvalue weighted by atomic mass is 10.0. The Labute approximate surface area is 98.7 Å². The molecule has 1 aliphatic rings. The zero-order valence-corrected chi connectivity index (χ0v) is 10.5. The lowest BCUT2D eigenvalue weighted by Gasteiger charge is -2.41. The van der Waals surface area contributed by atoms with E-state index in [0.29, 0.717) is 18.1 Å². The molecule has 0 bridgehead atoms. The first-order valence-electron chi connectivity index (χ1n) is 6.22. The smallest absolute Gasteiger partial charge is 0.0450 e. The highest BCUT2D eigenvalue weighted by Crippen LogP contribution is 2.21. The molecule has 1 fully saturated rings. The van der Waals surface area contributed by atoms with Crippen LogP contribution in [0.4, 0.5) is 0 Å². The lowest BCUT2D eigenvalue weighted by Crippen LogP contribution is -2.53. The third-order valence-electron chi connectivity index (χ3n) is 3.48. The summed E-state index contributed by atoms with van der Waals surface area (Å²) in [5.41, 5.74) is 1.40. The van der Waals surface area contributed by atoms with E-state index < -0.39 is 0 Å². The van der Waals surface area contributed by atoms with Gasteiger partial charge in [0.15, 0.2) is 0 Å². The van der Waals surface area contributed by atoms with Crippen LogP contribution in [0.25, 0.3) is 0 Å². The number of hydrogen-bond donors (Lipinski definition) is 1. The molecule has 16 heavy (non-hydrogen) atoms. The van der Waals surface area contributed by atoms with E-state index in [1.165, 1.54) is 5.56 Å². The molecule has 0 aromatic heterocycles. The molecule has 0 radical (unpaired) electrons. The van der Waals surface area contributed by atoms with Crippen molar-refractivity contribution in [1.82, 2.24) is 10.2 Å². The molecule has 1 N–H and O–H groups in total. The average molecular weight is 218 g/mol. The minimum absolute atomic E-state index is 0.486. The first-order valence-corrected chi connectivity index (χ1v) is 6.22. The van der Waals surface area contributed by atoms with Crippen molar-refractivity contribution in [1.29, 1.82) is 0 Å². The minimum Gasteiger partial charge on any atom is -0.307 e. The lowest BCUT2D eigenvalue weighted by molar-refractivity contribution is 0.107. The summed E-state index contributed by atoms with van der Waals surface area (Å²) in [6.07, 6.45) is 0. The molecule has 1 aromatic rings. The van der Waals surface area contributed by atoms with Gasteiger partial charge in [-0.15, -0.1) is 0 Å². The SMILES string of the molecule is CC(C)N1CC(c2ccccc2)NCC1C. The highest BCUT2D eigenvalue weighted by atomic mass is 15.2. The second kappa shape index (κ2) is 4.98. The van der Waals surface area contributed by atoms with Crippen LogP contribution < -0.4 is 5.32 Å². The Morgan fingerprint density at radius 2 is 1.94 bits per heavy atom. The van der Waals surface area contributed by atoms with Crippen LogP contribution in [0.5, 0.6) is 0 Å². The zero-order valence-electron chi connectivity index (χ0n) is 10.5. The number of piperazine rings is 1. The van der Waals surface area contributed by atoms with E-state index in [9.17, 15) is 0 Å². The molecular weight excluding hydrogens is 196 g/mol. The third kappa shape index (κ3) is 2.45. The molecule has 0 amide bonds. The maximum atomic E-state index is 3.63. The van der Waals surface area contributed by atoms with E-state index in [1.54, 1.807) is 0 Å². The van der Waals surface area contributed by atoms with Gasteiger partial charge in [0.2, 0.25) is 0 Å². The maximum absolute atomic E-state index is 3.63. The van der Waals surface area contributed by atoms with Gasteiger partial charge in [0.25, 0.3) is 0 Å². The van der Waals surface area contributed by atoms with Gasteiger partial charge in [-0.3, -0.25) is 4.90 Å². The Hall–Kier alpha value is -0.860. The molecule has 0 saturated carbocycles. The minimum atomic E-state index is 0.486. The Morgan fingerprint density at radius 1 is 1.25 bits per heavy atom. The molecule has 0 aliphatic carbocycles. The van der Waals surface area contributed by atoms with Gasteiger partial charge in [0.05, 0.1) is 0 Å². The molecular formula is C14H22N2. The van der Waals surface area contributed by atoms with Crippen molar-refractivity contribution in [3.63, 3.8) is 0 Å². The zero-order chi connectivity index (χ0) is 11.5. The van der Waals surface area contributed by atoms with E-state index in [1.807, 2.05) is 0 Å². The molecule has 1 aliphatic heterocycles. The number of rotatable bonds is 2. The van der Waals surface area contributed by atoms with Crippen LogP contribution in [-0.2, 0) is 0 Å². The molecule has 88 valence electrons. The van der Waals surface area contributed by atoms with E-state index in [4.69, 9.17) is 0 Å². The van der Waals surface area contributed by atoms with Gasteiger partial charge in [-0.05, 0) is 26.3 Å². The van der Waals surface area contributed by atoms with Crippen molar-refractivity contribution >= 4 is 0 Å². The van der Waals surface area contributed by atoms with Crippen molar-refractivity contribution in [3.8, 4) is 0 Å². The summed E-state index contributed by atoms with van der Waals surface area (Å²) in [7, 11) is 0. The quantitative estimate of drug-likeness (QED) is 0.820. The fourth-order valence-corrected chi connectivity index (χ4v) is 2.51. The first-order chi connectivity index (χ1) is 7.68. The van der Waals surface area contributed by atoms with E-state index in [-0.39, 0.29) is 0 Å². The van der Waals surface area contributed by atoms with Gasteiger partial charge >= 0.3 is 0 Å². The number of nitrogens with one attached hydrogen (secondary N) is 1.